The van der Waals surface area contributed by atoms with Crippen LogP contribution in [-0.2, 0) is 16.0 Å². The maximum atomic E-state index is 12.2. The van der Waals surface area contributed by atoms with E-state index in [2.05, 4.69) is 10.3 Å². The number of fused-ring (bicyclic) bond motifs is 1. The van der Waals surface area contributed by atoms with Gasteiger partial charge in [-0.25, -0.2) is 9.79 Å². The number of amides is 1. The fourth-order valence-corrected chi connectivity index (χ4v) is 3.68. The molecule has 2 N–H and O–H groups in total. The molecule has 2 aliphatic heterocycles. The van der Waals surface area contributed by atoms with Gasteiger partial charge in [-0.15, -0.1) is 0 Å². The molecule has 1 atom stereocenters. The Morgan fingerprint density at radius 1 is 1.21 bits per heavy atom. The predicted molar refractivity (Wildman–Crippen MR) is 105 cm³/mol. The molecule has 142 valence electrons. The van der Waals surface area contributed by atoms with E-state index in [1.54, 1.807) is 18.2 Å². The summed E-state index contributed by atoms with van der Waals surface area (Å²) in [6.07, 6.45) is 1.95. The van der Waals surface area contributed by atoms with Crippen LogP contribution in [0.1, 0.15) is 11.1 Å². The summed E-state index contributed by atoms with van der Waals surface area (Å²) in [4.78, 5) is 28.5. The van der Waals surface area contributed by atoms with Gasteiger partial charge in [0, 0.05) is 6.42 Å². The molecule has 7 nitrogen and oxygen atoms in total. The Bertz CT molecular complexity index is 987. The van der Waals surface area contributed by atoms with Gasteiger partial charge in [0.2, 0.25) is 6.79 Å². The van der Waals surface area contributed by atoms with E-state index in [1.807, 2.05) is 36.4 Å². The number of amidine groups is 1. The number of thioether (sulfide) groups is 1. The minimum absolute atomic E-state index is 0.180. The number of carbonyl (C=O) groups is 2. The van der Waals surface area contributed by atoms with E-state index >= 15 is 0 Å². The zero-order chi connectivity index (χ0) is 19.5. The number of carboxylic acids is 1. The Morgan fingerprint density at radius 3 is 2.79 bits per heavy atom. The van der Waals surface area contributed by atoms with Crippen LogP contribution in [0.2, 0.25) is 0 Å². The van der Waals surface area contributed by atoms with Crippen molar-refractivity contribution in [2.45, 2.75) is 12.5 Å². The normalized spacial score (nSPS) is 19.1. The number of aliphatic carboxylic acids is 1. The van der Waals surface area contributed by atoms with Gasteiger partial charge in [0.25, 0.3) is 5.91 Å². The molecule has 1 unspecified atom stereocenters. The lowest BCUT2D eigenvalue weighted by Crippen LogP contribution is -2.26. The van der Waals surface area contributed by atoms with E-state index in [0.29, 0.717) is 16.4 Å². The summed E-state index contributed by atoms with van der Waals surface area (Å²) in [5, 5.41) is 12.4. The zero-order valence-electron chi connectivity index (χ0n) is 14.6. The minimum atomic E-state index is -1.04. The molecule has 2 aliphatic rings. The first kappa shape index (κ1) is 18.1. The number of nitrogens with zero attached hydrogens (tertiary/aromatic N) is 1. The van der Waals surface area contributed by atoms with Gasteiger partial charge in [0.05, 0.1) is 4.91 Å². The Hall–Kier alpha value is -3.26. The molecule has 0 radical (unpaired) electrons. The van der Waals surface area contributed by atoms with Crippen molar-refractivity contribution < 1.29 is 24.2 Å². The second kappa shape index (κ2) is 7.77. The third-order valence-corrected chi connectivity index (χ3v) is 5.10. The van der Waals surface area contributed by atoms with Gasteiger partial charge in [-0.3, -0.25) is 4.79 Å². The summed E-state index contributed by atoms with van der Waals surface area (Å²) >= 11 is 1.12. The first-order chi connectivity index (χ1) is 13.6. The average Bonchev–Trinajstić information content (AvgIpc) is 3.28. The highest BCUT2D eigenvalue weighted by Gasteiger charge is 2.27. The van der Waals surface area contributed by atoms with E-state index in [0.717, 1.165) is 22.9 Å². The Morgan fingerprint density at radius 2 is 2.00 bits per heavy atom. The second-order valence-corrected chi connectivity index (χ2v) is 7.19. The van der Waals surface area contributed by atoms with E-state index in [-0.39, 0.29) is 24.3 Å². The summed E-state index contributed by atoms with van der Waals surface area (Å²) in [7, 11) is 0. The van der Waals surface area contributed by atoms with E-state index in [4.69, 9.17) is 9.47 Å². The maximum Gasteiger partial charge on any atom is 0.328 e. The van der Waals surface area contributed by atoms with Crippen molar-refractivity contribution in [1.82, 2.24) is 5.32 Å². The van der Waals surface area contributed by atoms with Crippen molar-refractivity contribution in [3.8, 4) is 11.5 Å². The lowest BCUT2D eigenvalue weighted by molar-refractivity contribution is -0.138. The number of benzene rings is 2. The second-order valence-electron chi connectivity index (χ2n) is 6.16. The zero-order valence-corrected chi connectivity index (χ0v) is 15.4. The summed E-state index contributed by atoms with van der Waals surface area (Å²) in [6.45, 7) is 0.180. The van der Waals surface area contributed by atoms with E-state index in [1.165, 1.54) is 0 Å². The first-order valence-electron chi connectivity index (χ1n) is 8.53. The third-order valence-electron chi connectivity index (χ3n) is 4.18. The van der Waals surface area contributed by atoms with Gasteiger partial charge in [0.15, 0.2) is 22.7 Å². The van der Waals surface area contributed by atoms with E-state index < -0.39 is 12.0 Å². The molecule has 2 aromatic rings. The van der Waals surface area contributed by atoms with Crippen LogP contribution in [0.15, 0.2) is 58.4 Å². The van der Waals surface area contributed by atoms with Gasteiger partial charge in [-0.1, -0.05) is 36.4 Å². The van der Waals surface area contributed by atoms with Crippen LogP contribution in [0, 0.1) is 0 Å². The van der Waals surface area contributed by atoms with Crippen LogP contribution in [-0.4, -0.2) is 35.0 Å². The minimum Gasteiger partial charge on any atom is -0.480 e. The largest absolute Gasteiger partial charge is 0.480 e. The monoisotopic (exact) mass is 396 g/mol. The molecule has 1 fully saturated rings. The van der Waals surface area contributed by atoms with Crippen molar-refractivity contribution in [2.75, 3.05) is 6.79 Å². The predicted octanol–water partition coefficient (Wildman–Crippen LogP) is 2.67. The van der Waals surface area contributed by atoms with Crippen molar-refractivity contribution in [2.24, 2.45) is 4.99 Å². The maximum absolute atomic E-state index is 12.2. The Balaban J connectivity index is 1.52. The molecule has 0 bridgehead atoms. The fraction of sp³-hybridized carbons (Fsp3) is 0.150. The van der Waals surface area contributed by atoms with Crippen LogP contribution >= 0.6 is 11.8 Å². The van der Waals surface area contributed by atoms with Crippen molar-refractivity contribution in [3.05, 3.63) is 64.6 Å². The number of rotatable bonds is 5. The Kier molecular flexibility index (Phi) is 5.03. The van der Waals surface area contributed by atoms with Gasteiger partial charge < -0.3 is 19.9 Å². The summed E-state index contributed by atoms with van der Waals surface area (Å²) < 4.78 is 10.6. The molecule has 0 aliphatic carbocycles. The number of carboxylic acid groups (broad SMARTS) is 1. The number of carbonyl (C=O) groups excluding carboxylic acids is 1. The molecule has 28 heavy (non-hydrogen) atoms. The average molecular weight is 396 g/mol. The molecule has 1 saturated heterocycles. The van der Waals surface area contributed by atoms with Crippen LogP contribution in [0.5, 0.6) is 11.5 Å². The van der Waals surface area contributed by atoms with E-state index in [9.17, 15) is 14.7 Å². The smallest absolute Gasteiger partial charge is 0.328 e. The van der Waals surface area contributed by atoms with Crippen LogP contribution < -0.4 is 14.8 Å². The van der Waals surface area contributed by atoms with Crippen LogP contribution in [0.25, 0.3) is 6.08 Å². The third kappa shape index (κ3) is 4.01. The highest BCUT2D eigenvalue weighted by molar-refractivity contribution is 8.18. The Labute approximate surface area is 165 Å². The molecule has 8 heteroatoms. The first-order valence-corrected chi connectivity index (χ1v) is 9.35. The fourth-order valence-electron chi connectivity index (χ4n) is 2.81. The lowest BCUT2D eigenvalue weighted by Gasteiger charge is -2.08. The standard InChI is InChI=1S/C20H16N2O5S/c23-18-17(10-13-6-7-15-16(9-13)27-11-26-15)28-20(22-18)21-14(19(24)25)8-12-4-2-1-3-5-12/h1-7,9-10,14H,8,11H2,(H,24,25)(H,21,22,23)/b17-10+. The van der Waals surface area contributed by atoms with Crippen molar-refractivity contribution >= 4 is 34.9 Å². The topological polar surface area (TPSA) is 97.2 Å². The molecule has 2 heterocycles. The molecule has 0 aromatic heterocycles. The van der Waals surface area contributed by atoms with Crippen LogP contribution in [0.3, 0.4) is 0 Å². The number of hydrogen-bond donors (Lipinski definition) is 2. The molecule has 4 rings (SSSR count). The SMILES string of the molecule is O=C1NC(=NC(Cc2ccccc2)C(=O)O)S/C1=C/c1ccc2c(c1)OCO2. The van der Waals surface area contributed by atoms with Gasteiger partial charge in [0.1, 0.15) is 0 Å². The molecule has 2 aromatic carbocycles. The highest BCUT2D eigenvalue weighted by atomic mass is 32.2. The number of hydrogen-bond acceptors (Lipinski definition) is 6. The lowest BCUT2D eigenvalue weighted by atomic mass is 10.1. The van der Waals surface area contributed by atoms with Gasteiger partial charge in [-0.05, 0) is 41.1 Å². The molecule has 1 amide bonds. The quantitative estimate of drug-likeness (QED) is 0.755. The summed E-state index contributed by atoms with van der Waals surface area (Å²) in [6, 6.07) is 13.7. The highest BCUT2D eigenvalue weighted by Crippen LogP contribution is 2.34. The molecule has 0 saturated carbocycles. The van der Waals surface area contributed by atoms with Crippen LogP contribution in [0.4, 0.5) is 0 Å². The number of aliphatic imine (C=N–C) groups is 1. The molecule has 0 spiro atoms. The van der Waals surface area contributed by atoms with Crippen molar-refractivity contribution in [3.63, 3.8) is 0 Å². The number of ether oxygens (including phenoxy) is 2. The van der Waals surface area contributed by atoms with Gasteiger partial charge >= 0.3 is 5.97 Å². The number of nitrogens with one attached hydrogen (secondary N) is 1. The van der Waals surface area contributed by atoms with Gasteiger partial charge in [-0.2, -0.15) is 0 Å². The summed E-state index contributed by atoms with van der Waals surface area (Å²) in [5.41, 5.74) is 1.65. The summed E-state index contributed by atoms with van der Waals surface area (Å²) in [5.74, 6) is -0.0664. The van der Waals surface area contributed by atoms with Crippen molar-refractivity contribution in [1.29, 1.82) is 0 Å². The molecular weight excluding hydrogens is 380 g/mol. The molecular formula is C20H16N2O5S.